The Morgan fingerprint density at radius 2 is 2.03 bits per heavy atom. The van der Waals surface area contributed by atoms with E-state index in [9.17, 15) is 9.59 Å². The van der Waals surface area contributed by atoms with Gasteiger partial charge < -0.3 is 23.6 Å². The number of carbonyl (C=O) groups is 2. The second-order valence-corrected chi connectivity index (χ2v) is 10.1. The van der Waals surface area contributed by atoms with Crippen LogP contribution in [-0.2, 0) is 33.7 Å². The molecule has 0 unspecified atom stereocenters. The molecule has 0 spiro atoms. The first kappa shape index (κ1) is 23.1. The monoisotopic (exact) mass is 479 g/mol. The summed E-state index contributed by atoms with van der Waals surface area (Å²) < 4.78 is 21.7. The molecule has 3 aromatic rings. The highest BCUT2D eigenvalue weighted by Crippen LogP contribution is 2.45. The van der Waals surface area contributed by atoms with Crippen LogP contribution in [0, 0.1) is 5.41 Å². The van der Waals surface area contributed by atoms with E-state index in [1.165, 1.54) is 24.5 Å². The maximum Gasteiger partial charge on any atom is 0.508 e. The molecular weight excluding hydrogens is 450 g/mol. The normalized spacial score (nSPS) is 19.5. The lowest BCUT2D eigenvalue weighted by atomic mass is 9.86. The van der Waals surface area contributed by atoms with E-state index in [-0.39, 0.29) is 29.7 Å². The minimum atomic E-state index is -0.799. The lowest BCUT2D eigenvalue weighted by Gasteiger charge is -2.29. The first-order valence-corrected chi connectivity index (χ1v) is 11.8. The van der Waals surface area contributed by atoms with Crippen molar-refractivity contribution in [1.29, 1.82) is 0 Å². The predicted octanol–water partition coefficient (Wildman–Crippen LogP) is 4.84. The molecule has 0 radical (unpaired) electrons. The molecule has 2 aliphatic rings. The fraction of sp³-hybridized carbons (Fsp3) is 0.462. The molecule has 9 nitrogen and oxygen atoms in total. The Morgan fingerprint density at radius 1 is 1.20 bits per heavy atom. The lowest BCUT2D eigenvalue weighted by Crippen LogP contribution is -2.37. The van der Waals surface area contributed by atoms with E-state index in [2.05, 4.69) is 33.2 Å². The van der Waals surface area contributed by atoms with Crippen LogP contribution in [0.3, 0.4) is 0 Å². The maximum atomic E-state index is 12.9. The molecule has 1 N–H and O–H groups in total. The van der Waals surface area contributed by atoms with Gasteiger partial charge in [-0.15, -0.1) is 0 Å². The number of nitrogens with zero attached hydrogens (tertiary/aromatic N) is 2. The second kappa shape index (κ2) is 8.87. The summed E-state index contributed by atoms with van der Waals surface area (Å²) >= 11 is 0. The largest absolute Gasteiger partial charge is 0.508 e. The Bertz CT molecular complexity index is 1270. The van der Waals surface area contributed by atoms with Crippen molar-refractivity contribution < 1.29 is 27.9 Å². The molecule has 3 heterocycles. The van der Waals surface area contributed by atoms with E-state index >= 15 is 0 Å². The standard InChI is InChI=1S/C26H29N3O6/c1-26(2,3)22-24-29-20(23-27-16(12-33-23)13-34-25(31)32-4)21(35-24)17-9-8-15-7-5-14(11-18(15)17)6-10-19(30)28-22/h5,7,11-12,17,22H,6,8-10,13H2,1-4H3,(H,28,30)/t17-,22+/m0/s1. The highest BCUT2D eigenvalue weighted by atomic mass is 16.7. The fourth-order valence-corrected chi connectivity index (χ4v) is 4.76. The highest BCUT2D eigenvalue weighted by Gasteiger charge is 2.38. The molecule has 4 bridgehead atoms. The van der Waals surface area contributed by atoms with Crippen LogP contribution < -0.4 is 5.32 Å². The zero-order valence-corrected chi connectivity index (χ0v) is 20.3. The summed E-state index contributed by atoms with van der Waals surface area (Å²) in [6.07, 6.45) is 3.50. The van der Waals surface area contributed by atoms with E-state index in [0.29, 0.717) is 35.9 Å². The van der Waals surface area contributed by atoms with Crippen molar-refractivity contribution in [3.8, 4) is 11.6 Å². The average molecular weight is 480 g/mol. The maximum absolute atomic E-state index is 12.9. The molecule has 5 rings (SSSR count). The van der Waals surface area contributed by atoms with Crippen LogP contribution in [0.5, 0.6) is 0 Å². The smallest absolute Gasteiger partial charge is 0.443 e. The van der Waals surface area contributed by atoms with Crippen molar-refractivity contribution >= 4 is 12.1 Å². The van der Waals surface area contributed by atoms with E-state index in [1.54, 1.807) is 0 Å². The Balaban J connectivity index is 1.61. The third kappa shape index (κ3) is 4.54. The molecule has 1 aliphatic carbocycles. The first-order chi connectivity index (χ1) is 16.7. The number of fused-ring (bicyclic) bond motifs is 4. The number of hydrogen-bond donors (Lipinski definition) is 1. The molecule has 0 saturated heterocycles. The topological polar surface area (TPSA) is 117 Å². The zero-order valence-electron chi connectivity index (χ0n) is 20.3. The number of hydrogen-bond acceptors (Lipinski definition) is 8. The summed E-state index contributed by atoms with van der Waals surface area (Å²) in [6.45, 7) is 6.03. The van der Waals surface area contributed by atoms with Crippen LogP contribution in [0.25, 0.3) is 11.6 Å². The van der Waals surface area contributed by atoms with Crippen molar-refractivity contribution in [3.05, 3.63) is 58.5 Å². The van der Waals surface area contributed by atoms with Crippen LogP contribution in [0.4, 0.5) is 4.79 Å². The minimum absolute atomic E-state index is 0.00128. The van der Waals surface area contributed by atoms with Gasteiger partial charge in [0.2, 0.25) is 17.7 Å². The molecule has 0 saturated carbocycles. The Kier molecular flexibility index (Phi) is 5.86. The van der Waals surface area contributed by atoms with Gasteiger partial charge in [0, 0.05) is 12.3 Å². The van der Waals surface area contributed by atoms with Gasteiger partial charge in [0.15, 0.2) is 5.69 Å². The molecule has 9 heteroatoms. The third-order valence-electron chi connectivity index (χ3n) is 6.59. The van der Waals surface area contributed by atoms with E-state index in [4.69, 9.17) is 18.6 Å². The number of carbonyl (C=O) groups excluding carboxylic acids is 2. The number of methoxy groups -OCH3 is 1. The summed E-state index contributed by atoms with van der Waals surface area (Å²) in [7, 11) is 1.24. The Hall–Kier alpha value is -3.62. The fourth-order valence-electron chi connectivity index (χ4n) is 4.76. The highest BCUT2D eigenvalue weighted by molar-refractivity contribution is 5.76. The number of oxazole rings is 2. The van der Waals surface area contributed by atoms with Gasteiger partial charge in [-0.25, -0.2) is 14.8 Å². The number of aromatic nitrogens is 2. The van der Waals surface area contributed by atoms with Crippen LogP contribution in [0.15, 0.2) is 33.3 Å². The van der Waals surface area contributed by atoms with E-state index < -0.39 is 12.2 Å². The second-order valence-electron chi connectivity index (χ2n) is 10.1. The number of amides is 1. The molecule has 1 aromatic carbocycles. The Morgan fingerprint density at radius 3 is 2.80 bits per heavy atom. The molecule has 1 aliphatic heterocycles. The van der Waals surface area contributed by atoms with Gasteiger partial charge in [0.05, 0.1) is 7.11 Å². The van der Waals surface area contributed by atoms with Crippen LogP contribution >= 0.6 is 0 Å². The Labute approximate surface area is 203 Å². The molecule has 0 fully saturated rings. The summed E-state index contributed by atoms with van der Waals surface area (Å²) in [5.41, 5.74) is 4.17. The van der Waals surface area contributed by atoms with Crippen molar-refractivity contribution in [2.24, 2.45) is 5.41 Å². The summed E-state index contributed by atoms with van der Waals surface area (Å²) in [5, 5.41) is 3.13. The molecular formula is C26H29N3O6. The van der Waals surface area contributed by atoms with Crippen molar-refractivity contribution in [2.75, 3.05) is 7.11 Å². The molecule has 1 amide bonds. The number of aryl methyl sites for hydroxylation is 2. The van der Waals surface area contributed by atoms with Crippen molar-refractivity contribution in [1.82, 2.24) is 15.3 Å². The van der Waals surface area contributed by atoms with E-state index in [1.807, 2.05) is 20.8 Å². The van der Waals surface area contributed by atoms with Gasteiger partial charge in [-0.1, -0.05) is 39.0 Å². The SMILES string of the molecule is COC(=O)OCc1coc(-c2nc3oc2[C@H]2CCc4ccc(cc42)CCC(=O)N[C@H]3C(C)(C)C)n1. The van der Waals surface area contributed by atoms with Gasteiger partial charge in [0.1, 0.15) is 30.4 Å². The van der Waals surface area contributed by atoms with Crippen LogP contribution in [-0.4, -0.2) is 29.1 Å². The van der Waals surface area contributed by atoms with Crippen LogP contribution in [0.2, 0.25) is 0 Å². The van der Waals surface area contributed by atoms with Gasteiger partial charge in [-0.3, -0.25) is 4.79 Å². The van der Waals surface area contributed by atoms with Gasteiger partial charge in [-0.2, -0.15) is 0 Å². The van der Waals surface area contributed by atoms with Crippen molar-refractivity contribution in [3.63, 3.8) is 0 Å². The molecule has 35 heavy (non-hydrogen) atoms. The third-order valence-corrected chi connectivity index (χ3v) is 6.59. The van der Waals surface area contributed by atoms with Crippen LogP contribution in [0.1, 0.15) is 79.6 Å². The summed E-state index contributed by atoms with van der Waals surface area (Å²) in [5.74, 6) is 1.31. The quantitative estimate of drug-likeness (QED) is 0.531. The van der Waals surface area contributed by atoms with Crippen molar-refractivity contribution in [2.45, 2.75) is 65.0 Å². The molecule has 2 aromatic heterocycles. The first-order valence-electron chi connectivity index (χ1n) is 11.8. The summed E-state index contributed by atoms with van der Waals surface area (Å²) in [4.78, 5) is 33.5. The number of rotatable bonds is 3. The average Bonchev–Trinajstić information content (AvgIpc) is 3.55. The zero-order chi connectivity index (χ0) is 24.7. The molecule has 2 atom stereocenters. The number of nitrogens with one attached hydrogen (secondary N) is 1. The predicted molar refractivity (Wildman–Crippen MR) is 124 cm³/mol. The summed E-state index contributed by atoms with van der Waals surface area (Å²) in [6, 6.07) is 6.01. The number of ether oxygens (including phenoxy) is 2. The number of benzene rings is 1. The van der Waals surface area contributed by atoms with Gasteiger partial charge in [-0.05, 0) is 41.4 Å². The minimum Gasteiger partial charge on any atom is -0.443 e. The lowest BCUT2D eigenvalue weighted by molar-refractivity contribution is -0.122. The molecule has 184 valence electrons. The van der Waals surface area contributed by atoms with Gasteiger partial charge in [0.25, 0.3) is 0 Å². The van der Waals surface area contributed by atoms with E-state index in [0.717, 1.165) is 18.4 Å². The van der Waals surface area contributed by atoms with Gasteiger partial charge >= 0.3 is 6.16 Å².